The molecular weight excluding hydrogens is 363 g/mol. The van der Waals surface area contributed by atoms with Gasteiger partial charge in [0.1, 0.15) is 0 Å². The van der Waals surface area contributed by atoms with E-state index in [-0.39, 0.29) is 0 Å². The maximum Gasteiger partial charge on any atom is 0.471 e. The molecule has 0 radical (unpaired) electrons. The Labute approximate surface area is 121 Å². The third-order valence-electron chi connectivity index (χ3n) is 1.42. The average Bonchev–Trinajstić information content (AvgIpc) is 2.24. The summed E-state index contributed by atoms with van der Waals surface area (Å²) in [6.07, 6.45) is -18.6. The molecule has 0 aliphatic heterocycles. The van der Waals surface area contributed by atoms with Crippen LogP contribution in [0, 0.1) is 5.41 Å². The third kappa shape index (κ3) is 7.47. The van der Waals surface area contributed by atoms with Crippen molar-refractivity contribution >= 4 is 5.97 Å². The number of hydrogen-bond acceptors (Lipinski definition) is 3. The van der Waals surface area contributed by atoms with Crippen LogP contribution in [0.3, 0.4) is 0 Å². The highest BCUT2D eigenvalue weighted by Gasteiger charge is 2.78. The molecule has 1 N–H and O–H groups in total. The predicted molar refractivity (Wildman–Crippen MR) is 52.7 cm³/mol. The molecule has 0 aliphatic rings. The van der Waals surface area contributed by atoms with E-state index in [0.29, 0.717) is 0 Å². The highest BCUT2D eigenvalue weighted by molar-refractivity contribution is 5.67. The van der Waals surface area contributed by atoms with Gasteiger partial charge in [-0.25, -0.2) is 4.39 Å². The summed E-state index contributed by atoms with van der Waals surface area (Å²) in [5.41, 5.74) is 0. The van der Waals surface area contributed by atoms with Crippen molar-refractivity contribution in [1.82, 2.24) is 0 Å². The van der Waals surface area contributed by atoms with E-state index in [1.165, 1.54) is 0 Å². The van der Waals surface area contributed by atoms with Crippen LogP contribution in [0.15, 0.2) is 12.6 Å². The van der Waals surface area contributed by atoms with Gasteiger partial charge in [0.15, 0.2) is 12.6 Å². The lowest BCUT2D eigenvalue weighted by Crippen LogP contribution is -2.61. The van der Waals surface area contributed by atoms with E-state index >= 15 is 0 Å². The molecule has 0 rings (SSSR count). The first kappa shape index (κ1) is 23.7. The molecule has 0 spiro atoms. The fraction of sp³-hybridized carbons (Fsp3) is 0.667. The topological polar surface area (TPSA) is 42.3 Å². The van der Waals surface area contributed by atoms with Crippen LogP contribution in [0.4, 0.5) is 48.3 Å². The highest BCUT2D eigenvalue weighted by atomic mass is 19.4. The summed E-state index contributed by atoms with van der Waals surface area (Å²) in [6, 6.07) is -2.61. The van der Waals surface area contributed by atoms with Crippen LogP contribution in [0.1, 0.15) is 6.92 Å². The van der Waals surface area contributed by atoms with Gasteiger partial charge in [-0.2, -0.15) is 43.9 Å². The van der Waals surface area contributed by atoms with Crippen LogP contribution in [-0.2, 0) is 9.47 Å². The maximum atomic E-state index is 13.0. The number of halogens is 11. The zero-order valence-electron chi connectivity index (χ0n) is 10.9. The van der Waals surface area contributed by atoms with E-state index in [4.69, 9.17) is 5.41 Å². The second-order valence-electron chi connectivity index (χ2n) is 3.47. The second-order valence-corrected chi connectivity index (χ2v) is 3.47. The van der Waals surface area contributed by atoms with E-state index in [9.17, 15) is 48.3 Å². The fourth-order valence-corrected chi connectivity index (χ4v) is 0.720. The van der Waals surface area contributed by atoms with Crippen molar-refractivity contribution < 1.29 is 57.8 Å². The molecule has 1 atom stereocenters. The smallest absolute Gasteiger partial charge is 0.402 e. The Hall–Kier alpha value is -1.60. The lowest BCUT2D eigenvalue weighted by Gasteiger charge is -2.34. The first-order valence-electron chi connectivity index (χ1n) is 4.93. The van der Waals surface area contributed by atoms with E-state index in [2.05, 4.69) is 9.47 Å². The van der Waals surface area contributed by atoms with E-state index in [1.54, 1.807) is 0 Å². The van der Waals surface area contributed by atoms with Gasteiger partial charge in [0.25, 0.3) is 6.01 Å². The molecule has 14 heteroatoms. The predicted octanol–water partition coefficient (Wildman–Crippen LogP) is 4.80. The summed E-state index contributed by atoms with van der Waals surface area (Å²) in [4.78, 5) is 0. The molecule has 0 saturated heterocycles. The van der Waals surface area contributed by atoms with Crippen molar-refractivity contribution in [2.24, 2.45) is 0 Å². The Morgan fingerprint density at radius 1 is 1.00 bits per heavy atom. The minimum atomic E-state index is -6.79. The first-order chi connectivity index (χ1) is 9.92. The highest BCUT2D eigenvalue weighted by Crippen LogP contribution is 2.50. The lowest BCUT2D eigenvalue weighted by atomic mass is 10.2. The van der Waals surface area contributed by atoms with E-state index in [1.807, 2.05) is 6.58 Å². The Morgan fingerprint density at radius 2 is 1.35 bits per heavy atom. The van der Waals surface area contributed by atoms with Crippen LogP contribution in [-0.4, -0.2) is 36.9 Å². The molecule has 1 unspecified atom stereocenters. The Bertz CT molecular complexity index is 418. The van der Waals surface area contributed by atoms with Crippen molar-refractivity contribution in [3.05, 3.63) is 12.6 Å². The molecule has 0 bridgehead atoms. The quantitative estimate of drug-likeness (QED) is 0.414. The van der Waals surface area contributed by atoms with Gasteiger partial charge in [-0.3, -0.25) is 10.1 Å². The number of alkyl halides is 9. The molecule has 0 saturated carbocycles. The summed E-state index contributed by atoms with van der Waals surface area (Å²) in [6.45, 7) is -0.0245. The largest absolute Gasteiger partial charge is 0.471 e. The Balaban J connectivity index is 0. The van der Waals surface area contributed by atoms with Crippen LogP contribution in [0.5, 0.6) is 0 Å². The molecule has 0 fully saturated rings. The van der Waals surface area contributed by atoms with Gasteiger partial charge in [-0.05, 0) is 6.58 Å². The molecule has 0 aliphatic carbocycles. The zero-order chi connectivity index (χ0) is 19.3. The molecule has 0 aromatic carbocycles. The monoisotopic (exact) mass is 371 g/mol. The molecule has 138 valence electrons. The van der Waals surface area contributed by atoms with Gasteiger partial charge in [0.2, 0.25) is 0 Å². The number of ether oxygens (including phenoxy) is 2. The van der Waals surface area contributed by atoms with Crippen molar-refractivity contribution in [2.45, 2.75) is 31.2 Å². The maximum absolute atomic E-state index is 13.0. The second kappa shape index (κ2) is 7.79. The van der Waals surface area contributed by atoms with Gasteiger partial charge < -0.3 is 4.74 Å². The van der Waals surface area contributed by atoms with Gasteiger partial charge >= 0.3 is 24.2 Å². The summed E-state index contributed by atoms with van der Waals surface area (Å²) in [7, 11) is 0. The van der Waals surface area contributed by atoms with Crippen molar-refractivity contribution in [2.75, 3.05) is 6.67 Å². The number of rotatable bonds is 6. The minimum absolute atomic E-state index is 0.833. The van der Waals surface area contributed by atoms with E-state index in [0.717, 1.165) is 6.92 Å². The van der Waals surface area contributed by atoms with Crippen molar-refractivity contribution in [1.29, 1.82) is 5.41 Å². The first-order valence-corrected chi connectivity index (χ1v) is 4.93. The molecular formula is C9H8F11NO2. The average molecular weight is 371 g/mol. The molecule has 23 heavy (non-hydrogen) atoms. The van der Waals surface area contributed by atoms with Crippen LogP contribution < -0.4 is 0 Å². The summed E-state index contributed by atoms with van der Waals surface area (Å²) in [5.74, 6) is -7.33. The Kier molecular flexibility index (Phi) is 8.01. The number of hydrogen-bond donors (Lipinski definition) is 1. The summed E-state index contributed by atoms with van der Waals surface area (Å²) >= 11 is 0. The molecule has 3 nitrogen and oxygen atoms in total. The van der Waals surface area contributed by atoms with Crippen LogP contribution >= 0.6 is 0 Å². The SMILES string of the molecule is C=C(F)OC(F)(F)C(F)(OC(F)(F)CF)C(F)(F)F.CC(=N)F. The molecule has 0 heterocycles. The molecule has 0 amide bonds. The number of nitrogens with one attached hydrogen (secondary N) is 1. The van der Waals surface area contributed by atoms with Gasteiger partial charge in [0, 0.05) is 6.92 Å². The van der Waals surface area contributed by atoms with Gasteiger partial charge in [-0.15, -0.1) is 0 Å². The summed E-state index contributed by atoms with van der Waals surface area (Å²) in [5, 5.41) is 5.83. The third-order valence-corrected chi connectivity index (χ3v) is 1.42. The molecule has 0 aromatic heterocycles. The minimum Gasteiger partial charge on any atom is -0.402 e. The van der Waals surface area contributed by atoms with E-state index < -0.39 is 42.9 Å². The van der Waals surface area contributed by atoms with Crippen molar-refractivity contribution in [3.63, 3.8) is 0 Å². The fourth-order valence-electron chi connectivity index (χ4n) is 0.720. The lowest BCUT2D eigenvalue weighted by molar-refractivity contribution is -0.497. The molecule has 0 aromatic rings. The van der Waals surface area contributed by atoms with Gasteiger partial charge in [-0.1, -0.05) is 0 Å². The van der Waals surface area contributed by atoms with Crippen molar-refractivity contribution in [3.8, 4) is 0 Å². The standard InChI is InChI=1S/C7H4F10O2.C2H4FN/c1-3(9)18-7(16,17)5(12,6(13,14)15)19-4(10,11)2-8;1-2(3)4/h1-2H2;4H,1H3. The van der Waals surface area contributed by atoms with Crippen LogP contribution in [0.25, 0.3) is 0 Å². The Morgan fingerprint density at radius 3 is 1.57 bits per heavy atom. The zero-order valence-corrected chi connectivity index (χ0v) is 10.9. The summed E-state index contributed by atoms with van der Waals surface area (Å²) < 4.78 is 138. The van der Waals surface area contributed by atoms with Crippen LogP contribution in [0.2, 0.25) is 0 Å². The van der Waals surface area contributed by atoms with Gasteiger partial charge in [0.05, 0.1) is 0 Å². The normalized spacial score (nSPS) is 15.1.